The van der Waals surface area contributed by atoms with Crippen molar-refractivity contribution in [3.63, 3.8) is 0 Å². The van der Waals surface area contributed by atoms with Crippen molar-refractivity contribution < 1.29 is 19.1 Å². The molecule has 0 saturated carbocycles. The zero-order valence-corrected chi connectivity index (χ0v) is 14.7. The van der Waals surface area contributed by atoms with Gasteiger partial charge in [0.15, 0.2) is 0 Å². The molecule has 9 heteroatoms. The Morgan fingerprint density at radius 3 is 2.96 bits per heavy atom. The molecule has 1 heterocycles. The van der Waals surface area contributed by atoms with Crippen LogP contribution in [0.3, 0.4) is 0 Å². The minimum atomic E-state index is -0.459. The second kappa shape index (κ2) is 9.28. The quantitative estimate of drug-likeness (QED) is 0.500. The van der Waals surface area contributed by atoms with Gasteiger partial charge in [-0.05, 0) is 17.7 Å². The maximum absolute atomic E-state index is 12.1. The number of carbonyl (C=O) groups is 3. The summed E-state index contributed by atoms with van der Waals surface area (Å²) in [5, 5.41) is 8.66. The molecule has 2 rings (SSSR count). The zero-order valence-electron chi connectivity index (χ0n) is 13.9. The van der Waals surface area contributed by atoms with Gasteiger partial charge in [0, 0.05) is 25.4 Å². The van der Waals surface area contributed by atoms with Gasteiger partial charge in [0.1, 0.15) is 11.2 Å². The monoisotopic (exact) mass is 366 g/mol. The average molecular weight is 366 g/mol. The van der Waals surface area contributed by atoms with Crippen molar-refractivity contribution in [3.05, 3.63) is 29.8 Å². The van der Waals surface area contributed by atoms with Crippen LogP contribution in [0, 0.1) is 0 Å². The predicted molar refractivity (Wildman–Crippen MR) is 94.6 cm³/mol. The van der Waals surface area contributed by atoms with E-state index in [1.54, 1.807) is 7.11 Å². The SMILES string of the molecule is COc1cccc(CNC(=O)CC2CC(=O)NC(SCC(N)=O)N2)c1. The van der Waals surface area contributed by atoms with Gasteiger partial charge in [-0.25, -0.2) is 0 Å². The number of amides is 3. The van der Waals surface area contributed by atoms with Crippen molar-refractivity contribution in [1.82, 2.24) is 16.0 Å². The summed E-state index contributed by atoms with van der Waals surface area (Å²) in [5.41, 5.74) is 5.60. The molecule has 1 aliphatic heterocycles. The average Bonchev–Trinajstić information content (AvgIpc) is 2.58. The summed E-state index contributed by atoms with van der Waals surface area (Å²) in [4.78, 5) is 34.7. The first kappa shape index (κ1) is 19.1. The lowest BCUT2D eigenvalue weighted by Crippen LogP contribution is -2.56. The van der Waals surface area contributed by atoms with Gasteiger partial charge in [-0.15, -0.1) is 11.8 Å². The Morgan fingerprint density at radius 2 is 2.24 bits per heavy atom. The zero-order chi connectivity index (χ0) is 18.2. The highest BCUT2D eigenvalue weighted by atomic mass is 32.2. The van der Waals surface area contributed by atoms with Crippen molar-refractivity contribution >= 4 is 29.5 Å². The molecular formula is C16H22N4O4S. The van der Waals surface area contributed by atoms with Crippen LogP contribution < -0.4 is 26.4 Å². The Kier molecular flexibility index (Phi) is 7.08. The Hall–Kier alpha value is -2.26. The Bertz CT molecular complexity index is 640. The van der Waals surface area contributed by atoms with Crippen LogP contribution in [0.15, 0.2) is 24.3 Å². The normalized spacial score (nSPS) is 19.8. The third kappa shape index (κ3) is 6.63. The topological polar surface area (TPSA) is 123 Å². The molecule has 0 aromatic heterocycles. The number of ether oxygens (including phenoxy) is 1. The fourth-order valence-electron chi connectivity index (χ4n) is 2.41. The smallest absolute Gasteiger partial charge is 0.227 e. The summed E-state index contributed by atoms with van der Waals surface area (Å²) >= 11 is 1.19. The van der Waals surface area contributed by atoms with Crippen LogP contribution in [0.4, 0.5) is 0 Å². The molecule has 25 heavy (non-hydrogen) atoms. The Labute approximate surface area is 150 Å². The molecule has 1 aliphatic rings. The van der Waals surface area contributed by atoms with Crippen LogP contribution in [0.5, 0.6) is 5.75 Å². The molecule has 8 nitrogen and oxygen atoms in total. The molecule has 1 saturated heterocycles. The van der Waals surface area contributed by atoms with Gasteiger partial charge >= 0.3 is 0 Å². The number of benzene rings is 1. The van der Waals surface area contributed by atoms with Crippen molar-refractivity contribution in [3.8, 4) is 5.75 Å². The molecule has 1 aromatic rings. The van der Waals surface area contributed by atoms with E-state index in [2.05, 4.69) is 16.0 Å². The van der Waals surface area contributed by atoms with E-state index < -0.39 is 11.4 Å². The Morgan fingerprint density at radius 1 is 1.44 bits per heavy atom. The highest BCUT2D eigenvalue weighted by molar-refractivity contribution is 8.00. The number of primary amides is 1. The number of hydrogen-bond acceptors (Lipinski definition) is 6. The third-order valence-electron chi connectivity index (χ3n) is 3.56. The van der Waals surface area contributed by atoms with Crippen LogP contribution in [-0.2, 0) is 20.9 Å². The molecular weight excluding hydrogens is 344 g/mol. The van der Waals surface area contributed by atoms with Gasteiger partial charge < -0.3 is 21.1 Å². The first-order valence-electron chi connectivity index (χ1n) is 7.81. The lowest BCUT2D eigenvalue weighted by molar-refractivity contribution is -0.125. The standard InChI is InChI=1S/C16H22N4O4S/c1-24-12-4-2-3-10(5-12)8-18-14(22)6-11-7-15(23)20-16(19-11)25-9-13(17)21/h2-5,11,16,19H,6-9H2,1H3,(H2,17,21)(H,18,22)(H,20,23). The number of nitrogens with two attached hydrogens (primary N) is 1. The minimum Gasteiger partial charge on any atom is -0.497 e. The van der Waals surface area contributed by atoms with Crippen molar-refractivity contribution in [2.45, 2.75) is 30.9 Å². The molecule has 0 bridgehead atoms. The van der Waals surface area contributed by atoms with Crippen molar-refractivity contribution in [2.75, 3.05) is 12.9 Å². The fourth-order valence-corrected chi connectivity index (χ4v) is 3.24. The fraction of sp³-hybridized carbons (Fsp3) is 0.438. The second-order valence-corrected chi connectivity index (χ2v) is 6.72. The number of carbonyl (C=O) groups excluding carboxylic acids is 3. The summed E-state index contributed by atoms with van der Waals surface area (Å²) in [6.45, 7) is 0.384. The first-order chi connectivity index (χ1) is 12.0. The van der Waals surface area contributed by atoms with Crippen LogP contribution in [0.25, 0.3) is 0 Å². The van der Waals surface area contributed by atoms with Gasteiger partial charge in [-0.2, -0.15) is 0 Å². The summed E-state index contributed by atoms with van der Waals surface area (Å²) in [7, 11) is 1.59. The van der Waals surface area contributed by atoms with E-state index in [9.17, 15) is 14.4 Å². The summed E-state index contributed by atoms with van der Waals surface area (Å²) in [6, 6.07) is 7.15. The van der Waals surface area contributed by atoms with E-state index in [-0.39, 0.29) is 36.5 Å². The molecule has 0 radical (unpaired) electrons. The van der Waals surface area contributed by atoms with E-state index >= 15 is 0 Å². The van der Waals surface area contributed by atoms with E-state index in [1.165, 1.54) is 11.8 Å². The molecule has 2 unspecified atom stereocenters. The summed E-state index contributed by atoms with van der Waals surface area (Å²) in [6.07, 6.45) is 0.380. The summed E-state index contributed by atoms with van der Waals surface area (Å²) in [5.74, 6) is 0.0399. The number of hydrogen-bond donors (Lipinski definition) is 4. The molecule has 0 aliphatic carbocycles. The van der Waals surface area contributed by atoms with Gasteiger partial charge in [0.05, 0.1) is 12.9 Å². The van der Waals surface area contributed by atoms with E-state index in [0.29, 0.717) is 6.54 Å². The minimum absolute atomic E-state index is 0.0900. The van der Waals surface area contributed by atoms with Gasteiger partial charge in [-0.3, -0.25) is 19.7 Å². The largest absolute Gasteiger partial charge is 0.497 e. The van der Waals surface area contributed by atoms with Crippen LogP contribution >= 0.6 is 11.8 Å². The van der Waals surface area contributed by atoms with Crippen LogP contribution in [0.2, 0.25) is 0 Å². The number of thioether (sulfide) groups is 1. The lowest BCUT2D eigenvalue weighted by atomic mass is 10.1. The van der Waals surface area contributed by atoms with Crippen molar-refractivity contribution in [2.24, 2.45) is 5.73 Å². The molecule has 1 fully saturated rings. The van der Waals surface area contributed by atoms with Gasteiger partial charge in [0.25, 0.3) is 0 Å². The summed E-state index contributed by atoms with van der Waals surface area (Å²) < 4.78 is 5.14. The first-order valence-corrected chi connectivity index (χ1v) is 8.86. The van der Waals surface area contributed by atoms with Crippen LogP contribution in [0.1, 0.15) is 18.4 Å². The molecule has 1 aromatic carbocycles. The van der Waals surface area contributed by atoms with Gasteiger partial charge in [0.2, 0.25) is 17.7 Å². The van der Waals surface area contributed by atoms with Crippen LogP contribution in [-0.4, -0.2) is 42.1 Å². The van der Waals surface area contributed by atoms with E-state index in [1.807, 2.05) is 24.3 Å². The molecule has 0 spiro atoms. The number of nitrogens with one attached hydrogen (secondary N) is 3. The maximum atomic E-state index is 12.1. The van der Waals surface area contributed by atoms with Gasteiger partial charge in [-0.1, -0.05) is 12.1 Å². The highest BCUT2D eigenvalue weighted by Crippen LogP contribution is 2.14. The second-order valence-electron chi connectivity index (χ2n) is 5.62. The molecule has 5 N–H and O–H groups in total. The third-order valence-corrected chi connectivity index (χ3v) is 4.60. The molecule has 136 valence electrons. The number of methoxy groups -OCH3 is 1. The predicted octanol–water partition coefficient (Wildman–Crippen LogP) is -0.318. The highest BCUT2D eigenvalue weighted by Gasteiger charge is 2.27. The molecule has 2 atom stereocenters. The maximum Gasteiger partial charge on any atom is 0.227 e. The van der Waals surface area contributed by atoms with E-state index in [0.717, 1.165) is 11.3 Å². The molecule has 3 amide bonds. The van der Waals surface area contributed by atoms with Crippen molar-refractivity contribution in [1.29, 1.82) is 0 Å². The Balaban J connectivity index is 1.80. The lowest BCUT2D eigenvalue weighted by Gasteiger charge is -2.30. The van der Waals surface area contributed by atoms with E-state index in [4.69, 9.17) is 10.5 Å². The number of rotatable bonds is 8.